The Morgan fingerprint density at radius 3 is 2.43 bits per heavy atom. The van der Waals surface area contributed by atoms with Crippen LogP contribution in [0.25, 0.3) is 11.3 Å². The number of carbonyl (C=O) groups is 1. The molecule has 0 radical (unpaired) electrons. The Morgan fingerprint density at radius 1 is 0.933 bits per heavy atom. The zero-order valence-corrected chi connectivity index (χ0v) is 17.2. The Morgan fingerprint density at radius 2 is 1.73 bits per heavy atom. The second-order valence-corrected chi connectivity index (χ2v) is 7.19. The number of nitrogens with one attached hydrogen (secondary N) is 2. The number of carbonyl (C=O) groups excluding carboxylic acids is 1. The minimum atomic E-state index is -0.308. The molecule has 0 saturated carbocycles. The van der Waals surface area contributed by atoms with Gasteiger partial charge < -0.3 is 10.6 Å². The molecule has 0 unspecified atom stereocenters. The number of anilines is 2. The van der Waals surface area contributed by atoms with E-state index in [1.165, 1.54) is 31.4 Å². The zero-order chi connectivity index (χ0) is 21.2. The number of aromatic nitrogens is 2. The number of rotatable bonds is 10. The largest absolute Gasteiger partial charge is 0.352 e. The van der Waals surface area contributed by atoms with Gasteiger partial charge in [0, 0.05) is 23.4 Å². The molecule has 2 aromatic carbocycles. The number of amides is 1. The van der Waals surface area contributed by atoms with Crippen LogP contribution in [0.15, 0.2) is 60.7 Å². The van der Waals surface area contributed by atoms with Crippen LogP contribution >= 0.6 is 0 Å². The lowest BCUT2D eigenvalue weighted by atomic mass is 10.1. The van der Waals surface area contributed by atoms with E-state index >= 15 is 0 Å². The van der Waals surface area contributed by atoms with E-state index in [0.29, 0.717) is 29.2 Å². The third kappa shape index (κ3) is 6.37. The van der Waals surface area contributed by atoms with Gasteiger partial charge >= 0.3 is 0 Å². The second-order valence-electron chi connectivity index (χ2n) is 7.19. The van der Waals surface area contributed by atoms with Crippen molar-refractivity contribution in [3.05, 3.63) is 72.0 Å². The van der Waals surface area contributed by atoms with Crippen LogP contribution in [-0.2, 0) is 0 Å². The first-order chi connectivity index (χ1) is 14.7. The fourth-order valence-electron chi connectivity index (χ4n) is 3.09. The fraction of sp³-hybridized carbons (Fsp3) is 0.292. The Balaban J connectivity index is 1.51. The molecule has 0 spiro atoms. The highest BCUT2D eigenvalue weighted by atomic mass is 19.1. The van der Waals surface area contributed by atoms with Gasteiger partial charge in [-0.3, -0.25) is 4.79 Å². The molecule has 1 amide bonds. The van der Waals surface area contributed by atoms with E-state index in [-0.39, 0.29) is 11.7 Å². The first-order valence-corrected chi connectivity index (χ1v) is 10.4. The molecule has 1 heterocycles. The standard InChI is InChI=1S/C24H27FN4O/c1-2-3-4-5-6-16-26-24(30)18-10-12-21(13-11-18)27-23-15-14-22(28-29-23)19-8-7-9-20(25)17-19/h7-15,17H,2-6,16H2,1H3,(H,26,30)(H,27,29). The maximum Gasteiger partial charge on any atom is 0.251 e. The molecule has 0 aliphatic carbocycles. The SMILES string of the molecule is CCCCCCCNC(=O)c1ccc(Nc2ccc(-c3cccc(F)c3)nn2)cc1. The Hall–Kier alpha value is -3.28. The number of halogens is 1. The van der Waals surface area contributed by atoms with Gasteiger partial charge in [0.05, 0.1) is 5.69 Å². The summed E-state index contributed by atoms with van der Waals surface area (Å²) in [6.07, 6.45) is 5.85. The molecule has 156 valence electrons. The summed E-state index contributed by atoms with van der Waals surface area (Å²) in [5.41, 5.74) is 2.71. The number of benzene rings is 2. The van der Waals surface area contributed by atoms with E-state index in [0.717, 1.165) is 18.5 Å². The lowest BCUT2D eigenvalue weighted by Gasteiger charge is -2.08. The van der Waals surface area contributed by atoms with Gasteiger partial charge in [-0.1, -0.05) is 44.7 Å². The van der Waals surface area contributed by atoms with E-state index in [4.69, 9.17) is 0 Å². The molecule has 2 N–H and O–H groups in total. The topological polar surface area (TPSA) is 66.9 Å². The Kier molecular flexibility index (Phi) is 7.89. The van der Waals surface area contributed by atoms with Crippen molar-refractivity contribution in [1.82, 2.24) is 15.5 Å². The van der Waals surface area contributed by atoms with Crippen molar-refractivity contribution in [3.63, 3.8) is 0 Å². The van der Waals surface area contributed by atoms with E-state index < -0.39 is 0 Å². The highest BCUT2D eigenvalue weighted by Crippen LogP contribution is 2.20. The van der Waals surface area contributed by atoms with Gasteiger partial charge in [-0.25, -0.2) is 4.39 Å². The fourth-order valence-corrected chi connectivity index (χ4v) is 3.09. The van der Waals surface area contributed by atoms with E-state index in [9.17, 15) is 9.18 Å². The first-order valence-electron chi connectivity index (χ1n) is 10.4. The third-order valence-corrected chi connectivity index (χ3v) is 4.77. The van der Waals surface area contributed by atoms with Crippen LogP contribution in [0.5, 0.6) is 0 Å². The van der Waals surface area contributed by atoms with Gasteiger partial charge in [0.1, 0.15) is 5.82 Å². The van der Waals surface area contributed by atoms with Crippen LogP contribution in [0, 0.1) is 5.82 Å². The monoisotopic (exact) mass is 406 g/mol. The molecular formula is C24H27FN4O. The molecule has 5 nitrogen and oxygen atoms in total. The van der Waals surface area contributed by atoms with Crippen LogP contribution < -0.4 is 10.6 Å². The summed E-state index contributed by atoms with van der Waals surface area (Å²) >= 11 is 0. The van der Waals surface area contributed by atoms with Crippen LogP contribution in [0.1, 0.15) is 49.4 Å². The van der Waals surface area contributed by atoms with Crippen molar-refractivity contribution >= 4 is 17.4 Å². The van der Waals surface area contributed by atoms with Crippen molar-refractivity contribution in [3.8, 4) is 11.3 Å². The average Bonchev–Trinajstić information content (AvgIpc) is 2.77. The molecule has 1 aromatic heterocycles. The lowest BCUT2D eigenvalue weighted by Crippen LogP contribution is -2.24. The molecule has 0 atom stereocenters. The summed E-state index contributed by atoms with van der Waals surface area (Å²) in [6.45, 7) is 2.89. The highest BCUT2D eigenvalue weighted by Gasteiger charge is 2.06. The molecule has 0 aliphatic heterocycles. The van der Waals surface area contributed by atoms with Gasteiger partial charge in [0.2, 0.25) is 0 Å². The van der Waals surface area contributed by atoms with Gasteiger partial charge in [-0.2, -0.15) is 0 Å². The summed E-state index contributed by atoms with van der Waals surface area (Å²) in [5.74, 6) is 0.202. The van der Waals surface area contributed by atoms with Gasteiger partial charge in [-0.05, 0) is 55.0 Å². The number of nitrogens with zero attached hydrogens (tertiary/aromatic N) is 2. The van der Waals surface area contributed by atoms with Crippen molar-refractivity contribution in [2.24, 2.45) is 0 Å². The minimum Gasteiger partial charge on any atom is -0.352 e. The van der Waals surface area contributed by atoms with Crippen LogP contribution in [-0.4, -0.2) is 22.6 Å². The van der Waals surface area contributed by atoms with Crippen molar-refractivity contribution < 1.29 is 9.18 Å². The number of unbranched alkanes of at least 4 members (excludes halogenated alkanes) is 4. The molecule has 0 aliphatic rings. The highest BCUT2D eigenvalue weighted by molar-refractivity contribution is 5.94. The third-order valence-electron chi connectivity index (χ3n) is 4.77. The summed E-state index contributed by atoms with van der Waals surface area (Å²) in [4.78, 5) is 12.2. The number of hydrogen-bond acceptors (Lipinski definition) is 4. The Labute approximate surface area is 176 Å². The molecule has 0 saturated heterocycles. The lowest BCUT2D eigenvalue weighted by molar-refractivity contribution is 0.0953. The smallest absolute Gasteiger partial charge is 0.251 e. The van der Waals surface area contributed by atoms with Gasteiger partial charge in [-0.15, -0.1) is 10.2 Å². The summed E-state index contributed by atoms with van der Waals surface area (Å²) in [6, 6.07) is 17.0. The second kappa shape index (κ2) is 11.0. The molecule has 30 heavy (non-hydrogen) atoms. The van der Waals surface area contributed by atoms with Crippen LogP contribution in [0.4, 0.5) is 15.9 Å². The zero-order valence-electron chi connectivity index (χ0n) is 17.2. The average molecular weight is 407 g/mol. The maximum absolute atomic E-state index is 13.4. The minimum absolute atomic E-state index is 0.0590. The Bertz CT molecular complexity index is 942. The van der Waals surface area contributed by atoms with Crippen molar-refractivity contribution in [2.45, 2.75) is 39.0 Å². The number of hydrogen-bond donors (Lipinski definition) is 2. The normalized spacial score (nSPS) is 10.6. The molecule has 3 rings (SSSR count). The molecule has 0 fully saturated rings. The van der Waals surface area contributed by atoms with E-state index in [1.54, 1.807) is 36.4 Å². The summed E-state index contributed by atoms with van der Waals surface area (Å²) in [7, 11) is 0. The predicted molar refractivity (Wildman–Crippen MR) is 118 cm³/mol. The van der Waals surface area contributed by atoms with Crippen molar-refractivity contribution in [1.29, 1.82) is 0 Å². The maximum atomic E-state index is 13.4. The van der Waals surface area contributed by atoms with Gasteiger partial charge in [0.15, 0.2) is 5.82 Å². The van der Waals surface area contributed by atoms with E-state index in [1.807, 2.05) is 12.1 Å². The molecule has 3 aromatic rings. The molecule has 6 heteroatoms. The summed E-state index contributed by atoms with van der Waals surface area (Å²) < 4.78 is 13.4. The molecule has 0 bridgehead atoms. The van der Waals surface area contributed by atoms with Gasteiger partial charge in [0.25, 0.3) is 5.91 Å². The van der Waals surface area contributed by atoms with Crippen LogP contribution in [0.3, 0.4) is 0 Å². The van der Waals surface area contributed by atoms with Crippen LogP contribution in [0.2, 0.25) is 0 Å². The predicted octanol–water partition coefficient (Wildman–Crippen LogP) is 5.73. The van der Waals surface area contributed by atoms with E-state index in [2.05, 4.69) is 27.8 Å². The quantitative estimate of drug-likeness (QED) is 0.422. The van der Waals surface area contributed by atoms with Crippen molar-refractivity contribution in [2.75, 3.05) is 11.9 Å². The summed E-state index contributed by atoms with van der Waals surface area (Å²) in [5, 5.41) is 14.4. The first kappa shape index (κ1) is 21.4. The molecular weight excluding hydrogens is 379 g/mol.